The molecule has 0 unspecified atom stereocenters. The number of aromatic nitrogens is 2. The van der Waals surface area contributed by atoms with Crippen LogP contribution in [0.3, 0.4) is 0 Å². The first-order valence-electron chi connectivity index (χ1n) is 10.8. The zero-order valence-corrected chi connectivity index (χ0v) is 18.4. The fraction of sp³-hybridized carbons (Fsp3) is 0.320. The summed E-state index contributed by atoms with van der Waals surface area (Å²) in [6, 6.07) is 12.1. The number of ether oxygens (including phenoxy) is 2. The van der Waals surface area contributed by atoms with Crippen LogP contribution in [0.25, 0.3) is 11.3 Å². The molecule has 2 aliphatic rings. The van der Waals surface area contributed by atoms with Crippen LogP contribution in [-0.2, 0) is 17.8 Å². The number of rotatable bonds is 4. The molecule has 7 heteroatoms. The van der Waals surface area contributed by atoms with Crippen LogP contribution in [0.2, 0.25) is 0 Å². The Morgan fingerprint density at radius 1 is 1.12 bits per heavy atom. The third-order valence-corrected chi connectivity index (χ3v) is 6.07. The lowest BCUT2D eigenvalue weighted by Crippen LogP contribution is -2.45. The van der Waals surface area contributed by atoms with E-state index < -0.39 is 0 Å². The summed E-state index contributed by atoms with van der Waals surface area (Å²) >= 11 is 0. The van der Waals surface area contributed by atoms with E-state index in [2.05, 4.69) is 16.0 Å². The highest BCUT2D eigenvalue weighted by molar-refractivity contribution is 5.82. The summed E-state index contributed by atoms with van der Waals surface area (Å²) in [5.41, 5.74) is 5.34. The minimum absolute atomic E-state index is 0.0950. The summed E-state index contributed by atoms with van der Waals surface area (Å²) in [4.78, 5) is 26.1. The van der Waals surface area contributed by atoms with Crippen molar-refractivity contribution in [3.8, 4) is 22.8 Å². The van der Waals surface area contributed by atoms with E-state index >= 15 is 0 Å². The van der Waals surface area contributed by atoms with Gasteiger partial charge >= 0.3 is 0 Å². The number of fused-ring (bicyclic) bond motifs is 2. The Labute approximate surface area is 187 Å². The molecule has 0 aliphatic carbocycles. The Balaban J connectivity index is 1.32. The van der Waals surface area contributed by atoms with Crippen LogP contribution in [0.1, 0.15) is 16.7 Å². The Morgan fingerprint density at radius 2 is 2.03 bits per heavy atom. The molecule has 1 amide bonds. The molecule has 2 aromatic heterocycles. The standard InChI is InChI=1S/C25H26N4O3/c1-17-5-7-26-22(11-17)19-13-23-25(27-14-19)29(9-10-32-23)16-24(30)28-8-6-18-3-4-21(31-2)12-20(18)15-28/h3-5,7,11-14H,6,8-10,15-16H2,1-2H3. The normalized spacial score (nSPS) is 14.9. The van der Waals surface area contributed by atoms with E-state index in [0.717, 1.165) is 41.1 Å². The van der Waals surface area contributed by atoms with Crippen molar-refractivity contribution in [2.24, 2.45) is 0 Å². The number of nitrogens with zero attached hydrogens (tertiary/aromatic N) is 4. The first-order chi connectivity index (χ1) is 15.6. The molecule has 0 N–H and O–H groups in total. The van der Waals surface area contributed by atoms with Crippen molar-refractivity contribution in [2.75, 3.05) is 38.3 Å². The number of carbonyl (C=O) groups is 1. The van der Waals surface area contributed by atoms with Gasteiger partial charge in [-0.15, -0.1) is 0 Å². The molecule has 164 valence electrons. The smallest absolute Gasteiger partial charge is 0.242 e. The molecule has 2 aliphatic heterocycles. The van der Waals surface area contributed by atoms with Crippen LogP contribution >= 0.6 is 0 Å². The average molecular weight is 431 g/mol. The number of aryl methyl sites for hydroxylation is 1. The maximum atomic E-state index is 13.1. The number of hydrogen-bond acceptors (Lipinski definition) is 6. The van der Waals surface area contributed by atoms with Crippen LogP contribution in [0.5, 0.6) is 11.5 Å². The van der Waals surface area contributed by atoms with Crippen LogP contribution in [0.4, 0.5) is 5.82 Å². The molecular weight excluding hydrogens is 404 g/mol. The molecule has 0 atom stereocenters. The summed E-state index contributed by atoms with van der Waals surface area (Å²) in [7, 11) is 1.66. The van der Waals surface area contributed by atoms with Crippen molar-refractivity contribution in [1.82, 2.24) is 14.9 Å². The van der Waals surface area contributed by atoms with Gasteiger partial charge in [-0.05, 0) is 60.4 Å². The summed E-state index contributed by atoms with van der Waals surface area (Å²) in [6.07, 6.45) is 4.45. The Kier molecular flexibility index (Phi) is 5.39. The quantitative estimate of drug-likeness (QED) is 0.633. The lowest BCUT2D eigenvalue weighted by Gasteiger charge is -2.34. The van der Waals surface area contributed by atoms with Gasteiger partial charge in [-0.2, -0.15) is 0 Å². The third kappa shape index (κ3) is 3.98. The van der Waals surface area contributed by atoms with Crippen molar-refractivity contribution in [3.63, 3.8) is 0 Å². The van der Waals surface area contributed by atoms with Gasteiger partial charge < -0.3 is 19.3 Å². The van der Waals surface area contributed by atoms with Gasteiger partial charge in [-0.3, -0.25) is 9.78 Å². The number of hydrogen-bond donors (Lipinski definition) is 0. The number of benzene rings is 1. The highest BCUT2D eigenvalue weighted by Gasteiger charge is 2.27. The fourth-order valence-corrected chi connectivity index (χ4v) is 4.28. The monoisotopic (exact) mass is 430 g/mol. The minimum atomic E-state index is 0.0950. The van der Waals surface area contributed by atoms with Crippen molar-refractivity contribution < 1.29 is 14.3 Å². The second-order valence-electron chi connectivity index (χ2n) is 8.23. The molecule has 0 spiro atoms. The van der Waals surface area contributed by atoms with Crippen LogP contribution < -0.4 is 14.4 Å². The Bertz CT molecular complexity index is 1160. The van der Waals surface area contributed by atoms with Crippen LogP contribution in [0.15, 0.2) is 48.8 Å². The largest absolute Gasteiger partial charge is 0.497 e. The molecule has 1 aromatic carbocycles. The van der Waals surface area contributed by atoms with Gasteiger partial charge in [0.2, 0.25) is 5.91 Å². The van der Waals surface area contributed by atoms with Gasteiger partial charge in [0, 0.05) is 31.0 Å². The Morgan fingerprint density at radius 3 is 2.88 bits per heavy atom. The third-order valence-electron chi connectivity index (χ3n) is 6.07. The molecule has 4 heterocycles. The summed E-state index contributed by atoms with van der Waals surface area (Å²) in [5, 5.41) is 0. The molecule has 0 radical (unpaired) electrons. The van der Waals surface area contributed by atoms with Crippen molar-refractivity contribution in [3.05, 3.63) is 65.5 Å². The van der Waals surface area contributed by atoms with Gasteiger partial charge in [0.05, 0.1) is 25.9 Å². The van der Waals surface area contributed by atoms with Gasteiger partial charge in [0.15, 0.2) is 11.6 Å². The maximum absolute atomic E-state index is 13.1. The molecular formula is C25H26N4O3. The number of anilines is 1. The zero-order chi connectivity index (χ0) is 22.1. The van der Waals surface area contributed by atoms with E-state index in [-0.39, 0.29) is 12.5 Å². The summed E-state index contributed by atoms with van der Waals surface area (Å²) < 4.78 is 11.2. The molecule has 3 aromatic rings. The average Bonchev–Trinajstić information content (AvgIpc) is 2.83. The topological polar surface area (TPSA) is 67.8 Å². The van der Waals surface area contributed by atoms with E-state index in [9.17, 15) is 4.79 Å². The lowest BCUT2D eigenvalue weighted by atomic mass is 9.99. The number of amides is 1. The predicted molar refractivity (Wildman–Crippen MR) is 122 cm³/mol. The SMILES string of the molecule is COc1ccc2c(c1)CN(C(=O)CN1CCOc3cc(-c4cc(C)ccn4)cnc31)CC2. The van der Waals surface area contributed by atoms with Crippen LogP contribution in [-0.4, -0.2) is 54.1 Å². The zero-order valence-electron chi connectivity index (χ0n) is 18.4. The van der Waals surface area contributed by atoms with Crippen molar-refractivity contribution in [1.29, 1.82) is 0 Å². The van der Waals surface area contributed by atoms with Gasteiger partial charge in [0.25, 0.3) is 0 Å². The van der Waals surface area contributed by atoms with Crippen molar-refractivity contribution >= 4 is 11.7 Å². The van der Waals surface area contributed by atoms with E-state index in [1.807, 2.05) is 47.1 Å². The first kappa shape index (κ1) is 20.3. The Hall–Kier alpha value is -3.61. The van der Waals surface area contributed by atoms with Crippen LogP contribution in [0, 0.1) is 6.92 Å². The van der Waals surface area contributed by atoms with E-state index in [4.69, 9.17) is 9.47 Å². The number of methoxy groups -OCH3 is 1. The number of carbonyl (C=O) groups excluding carboxylic acids is 1. The predicted octanol–water partition coefficient (Wildman–Crippen LogP) is 3.24. The second kappa shape index (κ2) is 8.49. The van der Waals surface area contributed by atoms with E-state index in [0.29, 0.717) is 31.3 Å². The van der Waals surface area contributed by atoms with E-state index in [1.54, 1.807) is 19.5 Å². The highest BCUT2D eigenvalue weighted by atomic mass is 16.5. The molecule has 0 bridgehead atoms. The fourth-order valence-electron chi connectivity index (χ4n) is 4.28. The maximum Gasteiger partial charge on any atom is 0.242 e. The number of pyridine rings is 2. The van der Waals surface area contributed by atoms with Gasteiger partial charge in [-0.1, -0.05) is 6.07 Å². The second-order valence-corrected chi connectivity index (χ2v) is 8.23. The molecule has 0 saturated heterocycles. The molecule has 32 heavy (non-hydrogen) atoms. The van der Waals surface area contributed by atoms with Gasteiger partial charge in [0.1, 0.15) is 12.4 Å². The first-order valence-corrected chi connectivity index (χ1v) is 10.8. The minimum Gasteiger partial charge on any atom is -0.497 e. The molecule has 0 fully saturated rings. The highest BCUT2D eigenvalue weighted by Crippen LogP contribution is 2.33. The lowest BCUT2D eigenvalue weighted by molar-refractivity contribution is -0.130. The summed E-state index contributed by atoms with van der Waals surface area (Å²) in [5.74, 6) is 2.32. The molecule has 7 nitrogen and oxygen atoms in total. The molecule has 5 rings (SSSR count). The molecule has 0 saturated carbocycles. The van der Waals surface area contributed by atoms with Crippen molar-refractivity contribution in [2.45, 2.75) is 19.9 Å². The summed E-state index contributed by atoms with van der Waals surface area (Å²) in [6.45, 7) is 4.80. The van der Waals surface area contributed by atoms with Gasteiger partial charge in [-0.25, -0.2) is 4.98 Å². The van der Waals surface area contributed by atoms with E-state index in [1.165, 1.54) is 5.56 Å².